The summed E-state index contributed by atoms with van der Waals surface area (Å²) < 4.78 is 1.87. The number of aryl methyl sites for hydroxylation is 1. The van der Waals surface area contributed by atoms with Gasteiger partial charge in [-0.3, -0.25) is 15.0 Å². The highest BCUT2D eigenvalue weighted by molar-refractivity contribution is 7.07. The van der Waals surface area contributed by atoms with Gasteiger partial charge < -0.3 is 0 Å². The Morgan fingerprint density at radius 3 is 2.92 bits per heavy atom. The maximum atomic E-state index is 7.68. The zero-order valence-corrected chi connectivity index (χ0v) is 8.01. The van der Waals surface area contributed by atoms with Crippen molar-refractivity contribution in [3.63, 3.8) is 0 Å². The molecule has 1 N–H and O–H groups in total. The molecule has 0 aromatic carbocycles. The maximum Gasteiger partial charge on any atom is 0.186 e. The van der Waals surface area contributed by atoms with E-state index in [0.29, 0.717) is 4.80 Å². The lowest BCUT2D eigenvalue weighted by molar-refractivity contribution is 0.926. The lowest BCUT2D eigenvalue weighted by Crippen LogP contribution is -2.12. The highest BCUT2D eigenvalue weighted by Gasteiger charge is 2.01. The van der Waals surface area contributed by atoms with E-state index in [1.54, 1.807) is 12.4 Å². The van der Waals surface area contributed by atoms with E-state index < -0.39 is 0 Å². The second-order valence-electron chi connectivity index (χ2n) is 2.73. The lowest BCUT2D eigenvalue weighted by Gasteiger charge is -2.02. The van der Waals surface area contributed by atoms with E-state index in [-0.39, 0.29) is 0 Å². The molecule has 0 aliphatic carbocycles. The van der Waals surface area contributed by atoms with Crippen LogP contribution in [0.15, 0.2) is 29.9 Å². The highest BCUT2D eigenvalue weighted by atomic mass is 32.1. The molecule has 0 spiro atoms. The molecule has 0 saturated heterocycles. The summed E-state index contributed by atoms with van der Waals surface area (Å²) in [6, 6.07) is 3.82. The van der Waals surface area contributed by atoms with Crippen LogP contribution < -0.4 is 4.80 Å². The minimum atomic E-state index is 0.533. The van der Waals surface area contributed by atoms with Gasteiger partial charge in [0.25, 0.3) is 0 Å². The van der Waals surface area contributed by atoms with Crippen molar-refractivity contribution in [1.29, 1.82) is 5.41 Å². The molecule has 2 aromatic rings. The van der Waals surface area contributed by atoms with Crippen molar-refractivity contribution in [3.8, 4) is 5.69 Å². The molecular formula is C9H9N3S. The molecule has 0 bridgehead atoms. The van der Waals surface area contributed by atoms with Crippen LogP contribution in [0.25, 0.3) is 5.69 Å². The van der Waals surface area contributed by atoms with Gasteiger partial charge in [-0.05, 0) is 19.1 Å². The third-order valence-electron chi connectivity index (χ3n) is 1.80. The van der Waals surface area contributed by atoms with E-state index in [4.69, 9.17) is 5.41 Å². The van der Waals surface area contributed by atoms with E-state index in [1.165, 1.54) is 11.3 Å². The first-order chi connectivity index (χ1) is 6.29. The SMILES string of the molecule is Cc1csc(=N)n1-c1cccnc1. The summed E-state index contributed by atoms with van der Waals surface area (Å²) in [5, 5.41) is 9.65. The summed E-state index contributed by atoms with van der Waals surface area (Å²) in [6.07, 6.45) is 3.49. The summed E-state index contributed by atoms with van der Waals surface area (Å²) >= 11 is 1.43. The Bertz CT molecular complexity index is 455. The average molecular weight is 191 g/mol. The molecule has 3 nitrogen and oxygen atoms in total. The Morgan fingerprint density at radius 1 is 1.54 bits per heavy atom. The molecule has 0 amide bonds. The van der Waals surface area contributed by atoms with Crippen molar-refractivity contribution < 1.29 is 0 Å². The van der Waals surface area contributed by atoms with Gasteiger partial charge in [-0.15, -0.1) is 11.3 Å². The number of hydrogen-bond donors (Lipinski definition) is 1. The normalized spacial score (nSPS) is 10.2. The molecule has 4 heteroatoms. The van der Waals surface area contributed by atoms with E-state index in [2.05, 4.69) is 4.98 Å². The Hall–Kier alpha value is -1.42. The molecule has 13 heavy (non-hydrogen) atoms. The van der Waals surface area contributed by atoms with Gasteiger partial charge in [0, 0.05) is 17.3 Å². The van der Waals surface area contributed by atoms with Crippen LogP contribution >= 0.6 is 11.3 Å². The van der Waals surface area contributed by atoms with Crippen LogP contribution in [0, 0.1) is 12.3 Å². The first-order valence-corrected chi connectivity index (χ1v) is 4.79. The van der Waals surface area contributed by atoms with Crippen LogP contribution in [0.3, 0.4) is 0 Å². The largest absolute Gasteiger partial charge is 0.289 e. The van der Waals surface area contributed by atoms with Gasteiger partial charge in [0.2, 0.25) is 0 Å². The lowest BCUT2D eigenvalue weighted by atomic mass is 10.4. The molecule has 0 aliphatic heterocycles. The fourth-order valence-electron chi connectivity index (χ4n) is 1.21. The fraction of sp³-hybridized carbons (Fsp3) is 0.111. The molecule has 2 rings (SSSR count). The predicted octanol–water partition coefficient (Wildman–Crippen LogP) is 1.72. The van der Waals surface area contributed by atoms with Crippen molar-refractivity contribution in [3.05, 3.63) is 40.4 Å². The minimum Gasteiger partial charge on any atom is -0.289 e. The second kappa shape index (κ2) is 3.14. The van der Waals surface area contributed by atoms with E-state index in [1.807, 2.05) is 29.0 Å². The van der Waals surface area contributed by atoms with Crippen molar-refractivity contribution in [2.75, 3.05) is 0 Å². The van der Waals surface area contributed by atoms with Crippen LogP contribution in [-0.2, 0) is 0 Å². The van der Waals surface area contributed by atoms with Crippen LogP contribution in [0.5, 0.6) is 0 Å². The Kier molecular flexibility index (Phi) is 1.98. The monoisotopic (exact) mass is 191 g/mol. The number of aromatic nitrogens is 2. The Morgan fingerprint density at radius 2 is 2.38 bits per heavy atom. The maximum absolute atomic E-state index is 7.68. The van der Waals surface area contributed by atoms with E-state index >= 15 is 0 Å². The highest BCUT2D eigenvalue weighted by Crippen LogP contribution is 2.07. The van der Waals surface area contributed by atoms with Crippen molar-refractivity contribution >= 4 is 11.3 Å². The summed E-state index contributed by atoms with van der Waals surface area (Å²) in [4.78, 5) is 4.56. The Balaban J connectivity index is 2.65. The number of nitrogens with zero attached hydrogens (tertiary/aromatic N) is 2. The first kappa shape index (κ1) is 8.19. The molecule has 0 radical (unpaired) electrons. The molecule has 0 fully saturated rings. The van der Waals surface area contributed by atoms with Crippen molar-refractivity contribution in [1.82, 2.24) is 9.55 Å². The quantitative estimate of drug-likeness (QED) is 0.732. The van der Waals surface area contributed by atoms with Crippen LogP contribution in [0.1, 0.15) is 5.69 Å². The number of rotatable bonds is 1. The zero-order valence-electron chi connectivity index (χ0n) is 7.19. The first-order valence-electron chi connectivity index (χ1n) is 3.91. The zero-order chi connectivity index (χ0) is 9.26. The minimum absolute atomic E-state index is 0.533. The van der Waals surface area contributed by atoms with Gasteiger partial charge in [0.15, 0.2) is 4.80 Å². The molecule has 0 atom stereocenters. The summed E-state index contributed by atoms with van der Waals surface area (Å²) in [6.45, 7) is 1.99. The molecule has 66 valence electrons. The van der Waals surface area contributed by atoms with E-state index in [0.717, 1.165) is 11.4 Å². The number of pyridine rings is 1. The molecule has 0 unspecified atom stereocenters. The van der Waals surface area contributed by atoms with E-state index in [9.17, 15) is 0 Å². The number of hydrogen-bond acceptors (Lipinski definition) is 3. The molecule has 0 saturated carbocycles. The van der Waals surface area contributed by atoms with Crippen molar-refractivity contribution in [2.45, 2.75) is 6.92 Å². The fourth-order valence-corrected chi connectivity index (χ4v) is 1.96. The number of thiazole rings is 1. The van der Waals surface area contributed by atoms with Gasteiger partial charge in [-0.2, -0.15) is 0 Å². The summed E-state index contributed by atoms with van der Waals surface area (Å²) in [5.74, 6) is 0. The molecule has 2 heterocycles. The third kappa shape index (κ3) is 1.40. The summed E-state index contributed by atoms with van der Waals surface area (Å²) in [7, 11) is 0. The van der Waals surface area contributed by atoms with Gasteiger partial charge >= 0.3 is 0 Å². The molecule has 0 aliphatic rings. The smallest absolute Gasteiger partial charge is 0.186 e. The number of nitrogens with one attached hydrogen (secondary N) is 1. The predicted molar refractivity (Wildman–Crippen MR) is 52.0 cm³/mol. The third-order valence-corrected chi connectivity index (χ3v) is 2.67. The van der Waals surface area contributed by atoms with Crippen LogP contribution in [0.2, 0.25) is 0 Å². The van der Waals surface area contributed by atoms with Gasteiger partial charge in [-0.1, -0.05) is 0 Å². The van der Waals surface area contributed by atoms with Crippen molar-refractivity contribution in [2.24, 2.45) is 0 Å². The van der Waals surface area contributed by atoms with Gasteiger partial charge in [0.05, 0.1) is 11.9 Å². The standard InChI is InChI=1S/C9H9N3S/c1-7-6-13-9(10)12(7)8-3-2-4-11-5-8/h2-6,10H,1H3. The summed E-state index contributed by atoms with van der Waals surface area (Å²) in [5.41, 5.74) is 2.02. The van der Waals surface area contributed by atoms with Gasteiger partial charge in [-0.25, -0.2) is 0 Å². The van der Waals surface area contributed by atoms with Gasteiger partial charge in [0.1, 0.15) is 0 Å². The van der Waals surface area contributed by atoms with Crippen LogP contribution in [-0.4, -0.2) is 9.55 Å². The topological polar surface area (TPSA) is 41.7 Å². The second-order valence-corrected chi connectivity index (χ2v) is 3.59. The molecular weight excluding hydrogens is 182 g/mol. The van der Waals surface area contributed by atoms with Crippen LogP contribution in [0.4, 0.5) is 0 Å². The average Bonchev–Trinajstić information content (AvgIpc) is 2.48. The molecule has 2 aromatic heterocycles. The Labute approximate surface area is 79.8 Å².